The summed E-state index contributed by atoms with van der Waals surface area (Å²) in [4.78, 5) is 72.5. The minimum absolute atomic E-state index is 0.107. The van der Waals surface area contributed by atoms with E-state index in [9.17, 15) is 43.2 Å². The molecule has 0 aliphatic rings. The average Bonchev–Trinajstić information content (AvgIpc) is 3.15. The van der Waals surface area contributed by atoms with Crippen molar-refractivity contribution in [2.24, 2.45) is 11.8 Å². The largest absolute Gasteiger partial charge is 0.472 e. The second-order valence-electron chi connectivity index (χ2n) is 26.3. The van der Waals surface area contributed by atoms with E-state index in [1.807, 2.05) is 0 Å². The number of phosphoric acid groups is 2. The van der Waals surface area contributed by atoms with Gasteiger partial charge < -0.3 is 33.8 Å². The molecule has 0 fully saturated rings. The van der Waals surface area contributed by atoms with Gasteiger partial charge in [0.05, 0.1) is 26.4 Å². The Kier molecular flexibility index (Phi) is 61.8. The summed E-state index contributed by atoms with van der Waals surface area (Å²) in [6, 6.07) is 0. The summed E-state index contributed by atoms with van der Waals surface area (Å²) in [5.74, 6) is -0.527. The van der Waals surface area contributed by atoms with Gasteiger partial charge in [0.2, 0.25) is 0 Å². The van der Waals surface area contributed by atoms with Crippen LogP contribution in [-0.4, -0.2) is 96.7 Å². The van der Waals surface area contributed by atoms with Crippen molar-refractivity contribution in [1.29, 1.82) is 0 Å². The minimum atomic E-state index is -4.95. The van der Waals surface area contributed by atoms with Gasteiger partial charge in [0.1, 0.15) is 19.3 Å². The van der Waals surface area contributed by atoms with Gasteiger partial charge in [-0.1, -0.05) is 311 Å². The van der Waals surface area contributed by atoms with E-state index in [1.165, 1.54) is 173 Å². The van der Waals surface area contributed by atoms with E-state index in [4.69, 9.17) is 37.0 Å². The molecule has 3 N–H and O–H groups in total. The maximum Gasteiger partial charge on any atom is 0.472 e. The van der Waals surface area contributed by atoms with Gasteiger partial charge in [-0.25, -0.2) is 9.13 Å². The van der Waals surface area contributed by atoms with Crippen molar-refractivity contribution in [2.75, 3.05) is 39.6 Å². The third kappa shape index (κ3) is 63.5. The first-order chi connectivity index (χ1) is 43.4. The summed E-state index contributed by atoms with van der Waals surface area (Å²) >= 11 is 0. The number of aliphatic hydroxyl groups excluding tert-OH is 1. The highest BCUT2D eigenvalue weighted by atomic mass is 31.2. The number of hydrogen-bond donors (Lipinski definition) is 3. The average molecular weight is 1330 g/mol. The van der Waals surface area contributed by atoms with Crippen LogP contribution in [0.2, 0.25) is 0 Å². The summed E-state index contributed by atoms with van der Waals surface area (Å²) in [5, 5.41) is 10.6. The van der Waals surface area contributed by atoms with Crippen LogP contribution in [0, 0.1) is 11.8 Å². The maximum atomic E-state index is 13.0. The van der Waals surface area contributed by atoms with E-state index in [2.05, 4.69) is 41.5 Å². The molecular weight excluding hydrogens is 1190 g/mol. The van der Waals surface area contributed by atoms with E-state index < -0.39 is 97.5 Å². The summed E-state index contributed by atoms with van der Waals surface area (Å²) in [5.41, 5.74) is 0. The Labute approximate surface area is 549 Å². The van der Waals surface area contributed by atoms with Crippen LogP contribution in [0.3, 0.4) is 0 Å². The number of phosphoric ester groups is 2. The first-order valence-electron chi connectivity index (χ1n) is 37.0. The molecule has 90 heavy (non-hydrogen) atoms. The Morgan fingerprint density at radius 3 is 0.844 bits per heavy atom. The zero-order valence-electron chi connectivity index (χ0n) is 58.4. The van der Waals surface area contributed by atoms with Crippen LogP contribution >= 0.6 is 15.6 Å². The molecule has 0 aromatic rings. The van der Waals surface area contributed by atoms with Gasteiger partial charge >= 0.3 is 39.5 Å². The standard InChI is InChI=1S/C71H138O17P2/c1-7-10-12-14-16-18-19-24-31-37-43-49-55-70(75)87-66(59-81-68(73)53-47-41-35-17-15-13-11-8-2)61-85-89(77,78)83-57-65(72)58-84-90(79,80)86-62-67(60-82-69(74)54-48-42-36-30-27-26-29-34-40-46-52-64(6)9-3)88-71(76)56-50-44-38-32-25-22-20-21-23-28-33-39-45-51-63(4)5/h63-67,72H,7-62H2,1-6H3,(H,77,78)(H,79,80)/t64?,65-,66+,67+/m0/s1. The number of aliphatic hydroxyl groups is 1. The molecule has 3 unspecified atom stereocenters. The van der Waals surface area contributed by atoms with Crippen molar-refractivity contribution in [2.45, 2.75) is 381 Å². The fourth-order valence-corrected chi connectivity index (χ4v) is 12.3. The quantitative estimate of drug-likeness (QED) is 0.0222. The molecule has 17 nitrogen and oxygen atoms in total. The van der Waals surface area contributed by atoms with Crippen molar-refractivity contribution in [3.63, 3.8) is 0 Å². The predicted octanol–water partition coefficient (Wildman–Crippen LogP) is 20.4. The molecule has 0 amide bonds. The first-order valence-corrected chi connectivity index (χ1v) is 40.0. The molecular formula is C71H138O17P2. The van der Waals surface area contributed by atoms with Crippen LogP contribution in [0.5, 0.6) is 0 Å². The third-order valence-electron chi connectivity index (χ3n) is 16.8. The summed E-state index contributed by atoms with van der Waals surface area (Å²) < 4.78 is 68.3. The molecule has 0 rings (SSSR count). The number of carbonyl (C=O) groups is 4. The lowest BCUT2D eigenvalue weighted by Crippen LogP contribution is -2.30. The highest BCUT2D eigenvalue weighted by Gasteiger charge is 2.30. The second kappa shape index (κ2) is 63.1. The van der Waals surface area contributed by atoms with Crippen molar-refractivity contribution in [1.82, 2.24) is 0 Å². The Morgan fingerprint density at radius 1 is 0.322 bits per heavy atom. The Hall–Kier alpha value is -1.94. The smallest absolute Gasteiger partial charge is 0.462 e. The predicted molar refractivity (Wildman–Crippen MR) is 363 cm³/mol. The number of ether oxygens (including phenoxy) is 4. The van der Waals surface area contributed by atoms with Crippen LogP contribution < -0.4 is 0 Å². The van der Waals surface area contributed by atoms with Gasteiger partial charge in [-0.15, -0.1) is 0 Å². The lowest BCUT2D eigenvalue weighted by molar-refractivity contribution is -0.161. The van der Waals surface area contributed by atoms with Crippen LogP contribution in [0.4, 0.5) is 0 Å². The number of hydrogen-bond acceptors (Lipinski definition) is 15. The van der Waals surface area contributed by atoms with Gasteiger partial charge in [0.25, 0.3) is 0 Å². The van der Waals surface area contributed by atoms with Crippen LogP contribution in [-0.2, 0) is 65.4 Å². The summed E-state index contributed by atoms with van der Waals surface area (Å²) in [6.45, 7) is 9.58. The van der Waals surface area contributed by atoms with Gasteiger partial charge in [0.15, 0.2) is 12.2 Å². The highest BCUT2D eigenvalue weighted by Crippen LogP contribution is 2.45. The molecule has 0 radical (unpaired) electrons. The van der Waals surface area contributed by atoms with Gasteiger partial charge in [-0.2, -0.15) is 0 Å². The number of unbranched alkanes of at least 4 members (excludes halogenated alkanes) is 39. The molecule has 0 aliphatic carbocycles. The number of rotatable bonds is 70. The van der Waals surface area contributed by atoms with Crippen LogP contribution in [0.1, 0.15) is 363 Å². The Balaban J connectivity index is 5.23. The van der Waals surface area contributed by atoms with Crippen LogP contribution in [0.25, 0.3) is 0 Å². The summed E-state index contributed by atoms with van der Waals surface area (Å²) in [7, 11) is -9.90. The van der Waals surface area contributed by atoms with E-state index in [-0.39, 0.29) is 25.7 Å². The monoisotopic (exact) mass is 1320 g/mol. The maximum absolute atomic E-state index is 13.0. The molecule has 0 bridgehead atoms. The fourth-order valence-electron chi connectivity index (χ4n) is 10.7. The minimum Gasteiger partial charge on any atom is -0.462 e. The molecule has 0 aromatic heterocycles. The topological polar surface area (TPSA) is 237 Å². The van der Waals surface area contributed by atoms with Gasteiger partial charge in [-0.3, -0.25) is 37.3 Å². The van der Waals surface area contributed by atoms with E-state index in [0.717, 1.165) is 108 Å². The molecule has 0 heterocycles. The highest BCUT2D eigenvalue weighted by molar-refractivity contribution is 7.47. The van der Waals surface area contributed by atoms with Crippen molar-refractivity contribution >= 4 is 39.5 Å². The zero-order chi connectivity index (χ0) is 66.5. The molecule has 0 saturated carbocycles. The Bertz CT molecular complexity index is 1750. The molecule has 534 valence electrons. The van der Waals surface area contributed by atoms with E-state index in [0.29, 0.717) is 25.7 Å². The SMILES string of the molecule is CCCCCCCCCCCCCCC(=O)O[C@H](COC(=O)CCCCCCCCCC)COP(=O)(O)OC[C@H](O)COP(=O)(O)OC[C@@H](COC(=O)CCCCCCCCCCCCC(C)CC)OC(=O)CCCCCCCCCCCCCCCC(C)C. The fraction of sp³-hybridized carbons (Fsp3) is 0.944. The molecule has 0 saturated heterocycles. The molecule has 0 spiro atoms. The molecule has 0 aromatic carbocycles. The van der Waals surface area contributed by atoms with Gasteiger partial charge in [0, 0.05) is 25.7 Å². The molecule has 0 aliphatic heterocycles. The number of carbonyl (C=O) groups excluding carboxylic acids is 4. The Morgan fingerprint density at radius 2 is 0.567 bits per heavy atom. The van der Waals surface area contributed by atoms with Crippen molar-refractivity contribution < 1.29 is 80.2 Å². The second-order valence-corrected chi connectivity index (χ2v) is 29.3. The molecule has 19 heteroatoms. The van der Waals surface area contributed by atoms with Crippen LogP contribution in [0.15, 0.2) is 0 Å². The third-order valence-corrected chi connectivity index (χ3v) is 18.7. The lowest BCUT2D eigenvalue weighted by atomic mass is 9.99. The van der Waals surface area contributed by atoms with E-state index >= 15 is 0 Å². The number of esters is 4. The summed E-state index contributed by atoms with van der Waals surface area (Å²) in [6.07, 6.45) is 48.4. The van der Waals surface area contributed by atoms with Crippen molar-refractivity contribution in [3.05, 3.63) is 0 Å². The lowest BCUT2D eigenvalue weighted by Gasteiger charge is -2.21. The first kappa shape index (κ1) is 88.1. The molecule has 6 atom stereocenters. The normalized spacial score (nSPS) is 14.4. The van der Waals surface area contributed by atoms with Crippen molar-refractivity contribution in [3.8, 4) is 0 Å². The van der Waals surface area contributed by atoms with E-state index in [1.54, 1.807) is 0 Å². The van der Waals surface area contributed by atoms with Gasteiger partial charge in [-0.05, 0) is 37.5 Å². The zero-order valence-corrected chi connectivity index (χ0v) is 60.2.